The normalized spacial score (nSPS) is 15.0. The molecule has 0 unspecified atom stereocenters. The van der Waals surface area contributed by atoms with E-state index in [1.54, 1.807) is 18.2 Å². The monoisotopic (exact) mass is 408 g/mol. The van der Waals surface area contributed by atoms with Crippen molar-refractivity contribution in [3.05, 3.63) is 80.8 Å². The Balaban J connectivity index is 1.67. The van der Waals surface area contributed by atoms with E-state index in [9.17, 15) is 9.59 Å². The lowest BCUT2D eigenvalue weighted by atomic mass is 10.0. The minimum absolute atomic E-state index is 0.0914. The minimum Gasteiger partial charge on any atom is -0.493 e. The minimum atomic E-state index is -0.538. The van der Waals surface area contributed by atoms with E-state index in [2.05, 4.69) is 10.1 Å². The topological polar surface area (TPSA) is 109 Å². The fourth-order valence-corrected chi connectivity index (χ4v) is 3.54. The van der Waals surface area contributed by atoms with Gasteiger partial charge in [-0.15, -0.1) is 0 Å². The van der Waals surface area contributed by atoms with Crippen LogP contribution >= 0.6 is 11.3 Å². The standard InChI is InChI=1S/C20H16N4O4S/c1-27-15-9-5-6-12(17(15)25)10-14-18(21)24-20(22-19(14)26)29-16(23-24)11-28-13-7-3-2-4-8-13/h2-10H,11,21H2,1H3/b12-10+. The summed E-state index contributed by atoms with van der Waals surface area (Å²) in [7, 11) is 1.41. The van der Waals surface area contributed by atoms with Crippen molar-refractivity contribution in [1.82, 2.24) is 14.6 Å². The molecule has 1 aromatic carbocycles. The number of benzene rings is 1. The van der Waals surface area contributed by atoms with E-state index in [1.165, 1.54) is 29.0 Å². The van der Waals surface area contributed by atoms with E-state index < -0.39 is 5.56 Å². The highest BCUT2D eigenvalue weighted by molar-refractivity contribution is 7.16. The first-order chi connectivity index (χ1) is 14.1. The molecule has 0 fully saturated rings. The number of methoxy groups -OCH3 is 1. The third kappa shape index (κ3) is 3.67. The first-order valence-corrected chi connectivity index (χ1v) is 9.43. The van der Waals surface area contributed by atoms with E-state index in [0.29, 0.717) is 15.7 Å². The highest BCUT2D eigenvalue weighted by Gasteiger charge is 2.19. The molecule has 1 aliphatic rings. The van der Waals surface area contributed by atoms with Crippen LogP contribution in [0.3, 0.4) is 0 Å². The first kappa shape index (κ1) is 18.6. The zero-order valence-corrected chi connectivity index (χ0v) is 16.2. The lowest BCUT2D eigenvalue weighted by Gasteiger charge is -2.09. The van der Waals surface area contributed by atoms with Crippen LogP contribution in [0.4, 0.5) is 5.82 Å². The Bertz CT molecular complexity index is 1240. The molecule has 0 saturated carbocycles. The number of ketones is 1. The van der Waals surface area contributed by atoms with Crippen LogP contribution in [-0.4, -0.2) is 27.5 Å². The molecular formula is C20H16N4O4S. The average Bonchev–Trinajstić information content (AvgIpc) is 3.14. The van der Waals surface area contributed by atoms with Gasteiger partial charge >= 0.3 is 0 Å². The van der Waals surface area contributed by atoms with Crippen LogP contribution in [0.1, 0.15) is 10.6 Å². The molecule has 0 saturated heterocycles. The number of hydrogen-bond donors (Lipinski definition) is 1. The molecule has 146 valence electrons. The maximum absolute atomic E-state index is 12.5. The van der Waals surface area contributed by atoms with Crippen LogP contribution in [0.15, 0.2) is 64.7 Å². The van der Waals surface area contributed by atoms with Gasteiger partial charge in [0, 0.05) is 5.57 Å². The van der Waals surface area contributed by atoms with Gasteiger partial charge in [0.2, 0.25) is 10.7 Å². The van der Waals surface area contributed by atoms with Crippen LogP contribution in [0, 0.1) is 0 Å². The number of hydrogen-bond acceptors (Lipinski definition) is 8. The molecule has 0 atom stereocenters. The van der Waals surface area contributed by atoms with Crippen molar-refractivity contribution in [3.63, 3.8) is 0 Å². The van der Waals surface area contributed by atoms with Crippen LogP contribution in [0.25, 0.3) is 11.0 Å². The number of aromatic nitrogens is 3. The Morgan fingerprint density at radius 2 is 2.03 bits per heavy atom. The number of para-hydroxylation sites is 1. The summed E-state index contributed by atoms with van der Waals surface area (Å²) in [6, 6.07) is 9.32. The van der Waals surface area contributed by atoms with Crippen molar-refractivity contribution in [3.8, 4) is 5.75 Å². The molecule has 4 rings (SSSR count). The highest BCUT2D eigenvalue weighted by atomic mass is 32.1. The largest absolute Gasteiger partial charge is 0.493 e. The lowest BCUT2D eigenvalue weighted by Crippen LogP contribution is -2.18. The molecule has 0 spiro atoms. The quantitative estimate of drug-likeness (QED) is 0.646. The Labute approximate surface area is 169 Å². The average molecular weight is 408 g/mol. The molecular weight excluding hydrogens is 392 g/mol. The van der Waals surface area contributed by atoms with Crippen molar-refractivity contribution < 1.29 is 14.3 Å². The van der Waals surface area contributed by atoms with Crippen molar-refractivity contribution in [2.24, 2.45) is 0 Å². The van der Waals surface area contributed by atoms with Gasteiger partial charge in [-0.1, -0.05) is 41.7 Å². The first-order valence-electron chi connectivity index (χ1n) is 8.61. The molecule has 0 amide bonds. The van der Waals surface area contributed by atoms with Crippen molar-refractivity contribution in [2.75, 3.05) is 12.8 Å². The zero-order chi connectivity index (χ0) is 20.4. The van der Waals surface area contributed by atoms with Crippen molar-refractivity contribution >= 4 is 34.0 Å². The number of rotatable bonds is 5. The number of allylic oxidation sites excluding steroid dienone is 4. The molecule has 2 heterocycles. The predicted molar refractivity (Wildman–Crippen MR) is 110 cm³/mol. The molecule has 3 aromatic rings. The van der Waals surface area contributed by atoms with Crippen molar-refractivity contribution in [1.29, 1.82) is 0 Å². The van der Waals surface area contributed by atoms with Gasteiger partial charge in [-0.25, -0.2) is 0 Å². The van der Waals surface area contributed by atoms with Gasteiger partial charge in [0.05, 0.1) is 12.7 Å². The maximum atomic E-state index is 12.5. The predicted octanol–water partition coefficient (Wildman–Crippen LogP) is 2.36. The summed E-state index contributed by atoms with van der Waals surface area (Å²) in [4.78, 5) is 29.2. The third-order valence-electron chi connectivity index (χ3n) is 4.17. The summed E-state index contributed by atoms with van der Waals surface area (Å²) < 4.78 is 12.1. The second-order valence-corrected chi connectivity index (χ2v) is 7.07. The number of carbonyl (C=O) groups excluding carboxylic acids is 1. The number of nitrogens with two attached hydrogens (primary N) is 1. The molecule has 9 heteroatoms. The van der Waals surface area contributed by atoms with Gasteiger partial charge in [-0.05, 0) is 24.3 Å². The molecule has 2 aromatic heterocycles. The summed E-state index contributed by atoms with van der Waals surface area (Å²) in [5, 5.41) is 4.99. The van der Waals surface area contributed by atoms with E-state index in [1.807, 2.05) is 30.3 Å². The second kappa shape index (κ2) is 7.72. The number of nitrogens with zero attached hydrogens (tertiary/aromatic N) is 3. The molecule has 2 N–H and O–H groups in total. The van der Waals surface area contributed by atoms with Gasteiger partial charge in [-0.3, -0.25) is 9.59 Å². The Kier molecular flexibility index (Phi) is 4.96. The van der Waals surface area contributed by atoms with Crippen molar-refractivity contribution in [2.45, 2.75) is 6.61 Å². The number of carbonyl (C=O) groups is 1. The summed E-state index contributed by atoms with van der Waals surface area (Å²) in [5.74, 6) is 0.649. The van der Waals surface area contributed by atoms with Gasteiger partial charge in [0.25, 0.3) is 5.56 Å². The number of anilines is 1. The number of nitrogen functional groups attached to an aromatic ring is 1. The second-order valence-electron chi connectivity index (χ2n) is 6.03. The summed E-state index contributed by atoms with van der Waals surface area (Å²) in [5.41, 5.74) is 6.00. The molecule has 1 aliphatic carbocycles. The number of fused-ring (bicyclic) bond motifs is 1. The Morgan fingerprint density at radius 1 is 1.24 bits per heavy atom. The maximum Gasteiger partial charge on any atom is 0.283 e. The van der Waals surface area contributed by atoms with Gasteiger partial charge in [0.15, 0.2) is 10.8 Å². The van der Waals surface area contributed by atoms with Gasteiger partial charge in [0.1, 0.15) is 18.2 Å². The molecule has 0 radical (unpaired) electrons. The smallest absolute Gasteiger partial charge is 0.283 e. The molecule has 8 nitrogen and oxygen atoms in total. The van der Waals surface area contributed by atoms with E-state index in [4.69, 9.17) is 15.2 Å². The van der Waals surface area contributed by atoms with Crippen LogP contribution in [0.2, 0.25) is 0 Å². The number of Topliss-reactive ketones (excluding diaryl/α,β-unsaturated/α-hetero) is 1. The molecule has 29 heavy (non-hydrogen) atoms. The fraction of sp³-hybridized carbons (Fsp3) is 0.100. The third-order valence-corrected chi connectivity index (χ3v) is 5.05. The van der Waals surface area contributed by atoms with Crippen LogP contribution in [-0.2, 0) is 16.1 Å². The summed E-state index contributed by atoms with van der Waals surface area (Å²) in [6.07, 6.45) is 6.20. The van der Waals surface area contributed by atoms with E-state index >= 15 is 0 Å². The molecule has 0 bridgehead atoms. The van der Waals surface area contributed by atoms with Crippen LogP contribution < -0.4 is 16.0 Å². The van der Waals surface area contributed by atoms with Crippen LogP contribution in [0.5, 0.6) is 5.75 Å². The fourth-order valence-electron chi connectivity index (χ4n) is 2.74. The van der Waals surface area contributed by atoms with Gasteiger partial charge in [-0.2, -0.15) is 14.6 Å². The lowest BCUT2D eigenvalue weighted by molar-refractivity contribution is -0.114. The summed E-state index contributed by atoms with van der Waals surface area (Å²) in [6.45, 7) is 0.214. The zero-order valence-electron chi connectivity index (χ0n) is 15.4. The summed E-state index contributed by atoms with van der Waals surface area (Å²) >= 11 is 1.21. The number of ether oxygens (including phenoxy) is 2. The van der Waals surface area contributed by atoms with Gasteiger partial charge < -0.3 is 15.2 Å². The highest BCUT2D eigenvalue weighted by Crippen LogP contribution is 2.22. The molecule has 0 aliphatic heterocycles. The van der Waals surface area contributed by atoms with E-state index in [-0.39, 0.29) is 35.1 Å². The Hall–Kier alpha value is -3.72. The van der Waals surface area contributed by atoms with E-state index in [0.717, 1.165) is 0 Å². The Morgan fingerprint density at radius 3 is 2.79 bits per heavy atom. The SMILES string of the molecule is COC1=CC=C/C(=C\c2c(N)n3nc(COc4ccccc4)sc3nc2=O)C1=O.